The number of nitrogens with one attached hydrogen (secondary N) is 1. The number of aryl methyl sites for hydroxylation is 2. The Morgan fingerprint density at radius 2 is 2.21 bits per heavy atom. The molecule has 3 aliphatic rings. The number of halogens is 1. The van der Waals surface area contributed by atoms with Crippen LogP contribution in [0.15, 0.2) is 9.79 Å². The molecule has 1 N–H and O–H groups in total. The van der Waals surface area contributed by atoms with Crippen molar-refractivity contribution < 1.29 is 4.74 Å². The number of rotatable bonds is 5. The molecule has 4 heterocycles. The highest BCUT2D eigenvalue weighted by Crippen LogP contribution is 2.38. The van der Waals surface area contributed by atoms with Crippen molar-refractivity contribution in [2.75, 3.05) is 39.4 Å². The summed E-state index contributed by atoms with van der Waals surface area (Å²) in [6, 6.07) is 0. The summed E-state index contributed by atoms with van der Waals surface area (Å²) in [5.41, 5.74) is 0.377. The number of aromatic nitrogens is 3. The average Bonchev–Trinajstić information content (AvgIpc) is 3.40. The molecule has 158 valence electrons. The number of likely N-dealkylation sites (tertiary alicyclic amines) is 1. The molecule has 2 saturated heterocycles. The summed E-state index contributed by atoms with van der Waals surface area (Å²) in [5, 5.41) is 7.94. The second kappa shape index (κ2) is 9.60. The number of fused-ring (bicyclic) bond motifs is 1. The predicted octanol–water partition coefficient (Wildman–Crippen LogP) is 1.47. The van der Waals surface area contributed by atoms with Crippen LogP contribution in [0, 0.1) is 5.41 Å². The van der Waals surface area contributed by atoms with Crippen LogP contribution in [0.3, 0.4) is 0 Å². The molecule has 2 fully saturated rings. The summed E-state index contributed by atoms with van der Waals surface area (Å²) < 4.78 is 9.10. The first-order valence-electron chi connectivity index (χ1n) is 10.5. The molecule has 0 amide bonds. The molecule has 8 nitrogen and oxygen atoms in total. The van der Waals surface area contributed by atoms with Gasteiger partial charge in [-0.05, 0) is 39.0 Å². The van der Waals surface area contributed by atoms with Gasteiger partial charge < -0.3 is 15.0 Å². The van der Waals surface area contributed by atoms with Gasteiger partial charge in [0.25, 0.3) is 0 Å². The van der Waals surface area contributed by atoms with Crippen LogP contribution in [0.5, 0.6) is 0 Å². The van der Waals surface area contributed by atoms with Gasteiger partial charge in [-0.15, -0.1) is 24.0 Å². The molecule has 0 aromatic carbocycles. The Morgan fingerprint density at radius 1 is 1.32 bits per heavy atom. The summed E-state index contributed by atoms with van der Waals surface area (Å²) in [4.78, 5) is 19.6. The third-order valence-corrected chi connectivity index (χ3v) is 6.08. The molecule has 9 heteroatoms. The Hall–Kier alpha value is -1.10. The van der Waals surface area contributed by atoms with E-state index in [1.807, 2.05) is 4.57 Å². The van der Waals surface area contributed by atoms with Crippen molar-refractivity contribution in [3.63, 3.8) is 0 Å². The van der Waals surface area contributed by atoms with Crippen LogP contribution in [0.4, 0.5) is 0 Å². The van der Waals surface area contributed by atoms with Crippen molar-refractivity contribution >= 4 is 29.9 Å². The van der Waals surface area contributed by atoms with Crippen LogP contribution in [-0.2, 0) is 24.2 Å². The van der Waals surface area contributed by atoms with Crippen LogP contribution in [-0.4, -0.2) is 64.6 Å². The van der Waals surface area contributed by atoms with Crippen LogP contribution in [0.1, 0.15) is 44.9 Å². The number of hydrogen-bond acceptors (Lipinski definition) is 4. The SMILES string of the molecule is CCNC(=NCCCn1nc2n(c1=O)CCCC2)N1CCC2(CCOC2)C1.I. The molecular weight excluding hydrogens is 471 g/mol. The smallest absolute Gasteiger partial charge is 0.345 e. The third kappa shape index (κ3) is 4.55. The Bertz CT molecular complexity index is 737. The zero-order chi connectivity index (χ0) is 18.7. The number of nitrogens with zero attached hydrogens (tertiary/aromatic N) is 5. The van der Waals surface area contributed by atoms with Gasteiger partial charge in [-0.2, -0.15) is 5.10 Å². The van der Waals surface area contributed by atoms with E-state index in [4.69, 9.17) is 9.73 Å². The Morgan fingerprint density at radius 3 is 2.96 bits per heavy atom. The molecular formula is C19H33IN6O2. The Kier molecular flexibility index (Phi) is 7.41. The second-order valence-corrected chi connectivity index (χ2v) is 8.09. The molecule has 4 rings (SSSR count). The number of guanidine groups is 1. The van der Waals surface area contributed by atoms with E-state index < -0.39 is 0 Å². The lowest BCUT2D eigenvalue weighted by Crippen LogP contribution is -2.41. The first-order valence-corrected chi connectivity index (χ1v) is 10.5. The van der Waals surface area contributed by atoms with Crippen LogP contribution < -0.4 is 11.0 Å². The molecule has 1 atom stereocenters. The third-order valence-electron chi connectivity index (χ3n) is 6.08. The summed E-state index contributed by atoms with van der Waals surface area (Å²) in [7, 11) is 0. The fourth-order valence-corrected chi connectivity index (χ4v) is 4.51. The number of aliphatic imine (C=N–C) groups is 1. The average molecular weight is 504 g/mol. The van der Waals surface area contributed by atoms with Gasteiger partial charge in [0.05, 0.1) is 6.61 Å². The predicted molar refractivity (Wildman–Crippen MR) is 119 cm³/mol. The van der Waals surface area contributed by atoms with Crippen molar-refractivity contribution in [2.24, 2.45) is 10.4 Å². The zero-order valence-electron chi connectivity index (χ0n) is 16.9. The van der Waals surface area contributed by atoms with Gasteiger partial charge in [0.15, 0.2) is 5.96 Å². The molecule has 1 spiro atoms. The quantitative estimate of drug-likeness (QED) is 0.285. The van der Waals surface area contributed by atoms with Crippen molar-refractivity contribution in [3.05, 3.63) is 16.3 Å². The van der Waals surface area contributed by atoms with Crippen LogP contribution in [0.2, 0.25) is 0 Å². The van der Waals surface area contributed by atoms with Gasteiger partial charge in [0.1, 0.15) is 5.82 Å². The first kappa shape index (κ1) is 21.6. The van der Waals surface area contributed by atoms with Crippen molar-refractivity contribution in [2.45, 2.75) is 58.5 Å². The first-order chi connectivity index (χ1) is 13.2. The van der Waals surface area contributed by atoms with Gasteiger partial charge in [0.2, 0.25) is 0 Å². The fourth-order valence-electron chi connectivity index (χ4n) is 4.51. The molecule has 1 aromatic heterocycles. The normalized spacial score (nSPS) is 24.5. The summed E-state index contributed by atoms with van der Waals surface area (Å²) in [6.45, 7) is 8.99. The molecule has 0 saturated carbocycles. The lowest BCUT2D eigenvalue weighted by molar-refractivity contribution is 0.156. The topological polar surface area (TPSA) is 76.7 Å². The van der Waals surface area contributed by atoms with E-state index in [0.29, 0.717) is 18.5 Å². The van der Waals surface area contributed by atoms with E-state index in [2.05, 4.69) is 22.2 Å². The lowest BCUT2D eigenvalue weighted by Gasteiger charge is -2.25. The standard InChI is InChI=1S/C19H32N6O2.HI/c1-2-20-17(23-12-7-19(14-23)8-13-27-15-19)21-9-5-11-25-18(26)24-10-4-3-6-16(24)22-25;/h2-15H2,1H3,(H,20,21);1H. The van der Waals surface area contributed by atoms with Gasteiger partial charge >= 0.3 is 5.69 Å². The maximum absolute atomic E-state index is 12.4. The van der Waals surface area contributed by atoms with E-state index >= 15 is 0 Å². The van der Waals surface area contributed by atoms with Crippen LogP contribution in [0.25, 0.3) is 0 Å². The highest BCUT2D eigenvalue weighted by Gasteiger charge is 2.42. The van der Waals surface area contributed by atoms with Crippen molar-refractivity contribution in [1.29, 1.82) is 0 Å². The summed E-state index contributed by atoms with van der Waals surface area (Å²) >= 11 is 0. The Labute approximate surface area is 183 Å². The maximum Gasteiger partial charge on any atom is 0.345 e. The molecule has 1 unspecified atom stereocenters. The largest absolute Gasteiger partial charge is 0.381 e. The van der Waals surface area contributed by atoms with Gasteiger partial charge in [-0.3, -0.25) is 9.56 Å². The molecule has 0 aliphatic carbocycles. The maximum atomic E-state index is 12.4. The van der Waals surface area contributed by atoms with Gasteiger partial charge in [-0.25, -0.2) is 9.48 Å². The van der Waals surface area contributed by atoms with E-state index in [1.165, 1.54) is 6.42 Å². The highest BCUT2D eigenvalue weighted by molar-refractivity contribution is 14.0. The molecule has 1 aromatic rings. The summed E-state index contributed by atoms with van der Waals surface area (Å²) in [5.74, 6) is 1.95. The molecule has 3 aliphatic heterocycles. The second-order valence-electron chi connectivity index (χ2n) is 8.09. The number of hydrogen-bond donors (Lipinski definition) is 1. The summed E-state index contributed by atoms with van der Waals surface area (Å²) in [6.07, 6.45) is 6.31. The van der Waals surface area contributed by atoms with Crippen molar-refractivity contribution in [1.82, 2.24) is 24.6 Å². The fraction of sp³-hybridized carbons (Fsp3) is 0.842. The minimum absolute atomic E-state index is 0. The highest BCUT2D eigenvalue weighted by atomic mass is 127. The Balaban J connectivity index is 0.00000225. The zero-order valence-corrected chi connectivity index (χ0v) is 19.2. The van der Waals surface area contributed by atoms with Crippen molar-refractivity contribution in [3.8, 4) is 0 Å². The van der Waals surface area contributed by atoms with E-state index in [0.717, 1.165) is 83.3 Å². The molecule has 28 heavy (non-hydrogen) atoms. The number of ether oxygens (including phenoxy) is 1. The molecule has 0 bridgehead atoms. The minimum atomic E-state index is 0. The monoisotopic (exact) mass is 504 g/mol. The van der Waals surface area contributed by atoms with Gasteiger partial charge in [0, 0.05) is 57.7 Å². The van der Waals surface area contributed by atoms with Crippen LogP contribution >= 0.6 is 24.0 Å². The molecule has 0 radical (unpaired) electrons. The van der Waals surface area contributed by atoms with E-state index in [1.54, 1.807) is 4.68 Å². The van der Waals surface area contributed by atoms with E-state index in [9.17, 15) is 4.79 Å². The minimum Gasteiger partial charge on any atom is -0.381 e. The lowest BCUT2D eigenvalue weighted by atomic mass is 9.87. The van der Waals surface area contributed by atoms with Gasteiger partial charge in [-0.1, -0.05) is 0 Å². The van der Waals surface area contributed by atoms with E-state index in [-0.39, 0.29) is 29.7 Å².